The second-order valence-corrected chi connectivity index (χ2v) is 4.20. The van der Waals surface area contributed by atoms with Crippen molar-refractivity contribution < 1.29 is 24.7 Å². The average Bonchev–Trinajstić information content (AvgIpc) is 2.34. The van der Waals surface area contributed by atoms with Gasteiger partial charge in [-0.25, -0.2) is 9.78 Å². The third-order valence-corrected chi connectivity index (χ3v) is 2.53. The Balaban J connectivity index is 3.11. The highest BCUT2D eigenvalue weighted by Crippen LogP contribution is 2.20. The van der Waals surface area contributed by atoms with E-state index in [1.807, 2.05) is 5.32 Å². The van der Waals surface area contributed by atoms with E-state index in [2.05, 4.69) is 4.98 Å². The number of carboxylic acids is 1. The largest absolute Gasteiger partial charge is 0.480 e. The first-order valence-electron chi connectivity index (χ1n) is 5.25. The van der Waals surface area contributed by atoms with Crippen LogP contribution in [0.25, 0.3) is 0 Å². The molecule has 0 radical (unpaired) electrons. The molecule has 0 aliphatic carbocycles. The molecule has 0 saturated carbocycles. The number of halogens is 1. The number of amides is 1. The molecule has 0 aliphatic heterocycles. The fourth-order valence-electron chi connectivity index (χ4n) is 1.36. The van der Waals surface area contributed by atoms with Gasteiger partial charge in [0.1, 0.15) is 16.9 Å². The molecule has 108 valence electrons. The normalized spacial score (nSPS) is 13.3. The molecule has 0 unspecified atom stereocenters. The number of nitrogens with one attached hydrogen (secondary N) is 1. The van der Waals surface area contributed by atoms with E-state index in [1.165, 1.54) is 0 Å². The van der Waals surface area contributed by atoms with E-state index in [0.717, 1.165) is 19.2 Å². The van der Waals surface area contributed by atoms with Crippen LogP contribution in [-0.4, -0.2) is 44.1 Å². The molecule has 3 N–H and O–H groups in total. The topological polar surface area (TPSA) is 143 Å². The van der Waals surface area contributed by atoms with Crippen molar-refractivity contribution in [2.45, 2.75) is 19.1 Å². The molecule has 10 heteroatoms. The zero-order chi connectivity index (χ0) is 15.4. The van der Waals surface area contributed by atoms with Crippen molar-refractivity contribution in [3.8, 4) is 0 Å². The smallest absolute Gasteiger partial charge is 0.328 e. The predicted molar refractivity (Wildman–Crippen MR) is 66.5 cm³/mol. The van der Waals surface area contributed by atoms with Gasteiger partial charge in [-0.2, -0.15) is 0 Å². The molecule has 1 rings (SSSR count). The van der Waals surface area contributed by atoms with Gasteiger partial charge in [0.25, 0.3) is 11.6 Å². The lowest BCUT2D eigenvalue weighted by atomic mass is 10.1. The van der Waals surface area contributed by atoms with E-state index in [1.54, 1.807) is 0 Å². The second kappa shape index (κ2) is 6.26. The Kier molecular flexibility index (Phi) is 4.94. The molecule has 20 heavy (non-hydrogen) atoms. The monoisotopic (exact) mass is 303 g/mol. The number of aliphatic carboxylic acids is 1. The Morgan fingerprint density at radius 1 is 1.55 bits per heavy atom. The Morgan fingerprint density at radius 3 is 2.60 bits per heavy atom. The lowest BCUT2D eigenvalue weighted by molar-refractivity contribution is -0.385. The average molecular weight is 304 g/mol. The number of carboxylic acid groups (broad SMARTS) is 1. The van der Waals surface area contributed by atoms with E-state index in [-0.39, 0.29) is 5.15 Å². The van der Waals surface area contributed by atoms with Gasteiger partial charge in [0, 0.05) is 0 Å². The van der Waals surface area contributed by atoms with Crippen molar-refractivity contribution in [2.24, 2.45) is 0 Å². The highest BCUT2D eigenvalue weighted by atomic mass is 35.5. The maximum Gasteiger partial charge on any atom is 0.328 e. The fourth-order valence-corrected chi connectivity index (χ4v) is 1.52. The molecule has 1 aromatic heterocycles. The minimum absolute atomic E-state index is 0.162. The molecule has 0 aliphatic rings. The summed E-state index contributed by atoms with van der Waals surface area (Å²) in [5.74, 6) is -2.52. The van der Waals surface area contributed by atoms with E-state index in [9.17, 15) is 24.8 Å². The van der Waals surface area contributed by atoms with Gasteiger partial charge in [-0.3, -0.25) is 14.9 Å². The van der Waals surface area contributed by atoms with Crippen molar-refractivity contribution in [3.05, 3.63) is 33.1 Å². The molecule has 1 aromatic rings. The molecular formula is C10H10ClN3O6. The Morgan fingerprint density at radius 2 is 2.15 bits per heavy atom. The summed E-state index contributed by atoms with van der Waals surface area (Å²) in [7, 11) is 0. The van der Waals surface area contributed by atoms with Crippen molar-refractivity contribution in [2.75, 3.05) is 0 Å². The van der Waals surface area contributed by atoms with Crippen LogP contribution in [0.1, 0.15) is 17.3 Å². The first kappa shape index (κ1) is 15.8. The van der Waals surface area contributed by atoms with Crippen LogP contribution >= 0.6 is 11.6 Å². The molecule has 0 spiro atoms. The second-order valence-electron chi connectivity index (χ2n) is 3.81. The van der Waals surface area contributed by atoms with E-state index < -0.39 is 40.2 Å². The number of hydrogen-bond donors (Lipinski definition) is 3. The van der Waals surface area contributed by atoms with Crippen molar-refractivity contribution >= 4 is 29.2 Å². The Hall–Kier alpha value is -2.26. The first-order chi connectivity index (χ1) is 9.23. The zero-order valence-corrected chi connectivity index (χ0v) is 10.9. The molecule has 0 bridgehead atoms. The summed E-state index contributed by atoms with van der Waals surface area (Å²) < 4.78 is 0. The maximum atomic E-state index is 11.9. The summed E-state index contributed by atoms with van der Waals surface area (Å²) in [5.41, 5.74) is -1.07. The van der Waals surface area contributed by atoms with Crippen LogP contribution in [-0.2, 0) is 4.79 Å². The summed E-state index contributed by atoms with van der Waals surface area (Å²) >= 11 is 5.55. The predicted octanol–water partition coefficient (Wildman–Crippen LogP) is 0.207. The summed E-state index contributed by atoms with van der Waals surface area (Å²) in [6.45, 7) is 1.16. The van der Waals surface area contributed by atoms with E-state index >= 15 is 0 Å². The van der Waals surface area contributed by atoms with Crippen LogP contribution < -0.4 is 5.32 Å². The van der Waals surface area contributed by atoms with Gasteiger partial charge >= 0.3 is 5.97 Å². The number of aromatic nitrogens is 1. The third-order valence-electron chi connectivity index (χ3n) is 2.33. The van der Waals surface area contributed by atoms with Gasteiger partial charge in [-0.15, -0.1) is 0 Å². The van der Waals surface area contributed by atoms with Gasteiger partial charge in [-0.05, 0) is 13.0 Å². The van der Waals surface area contributed by atoms with Crippen LogP contribution in [0, 0.1) is 10.1 Å². The summed E-state index contributed by atoms with van der Waals surface area (Å²) in [6.07, 6.45) is -0.595. The number of nitrogens with zero attached hydrogens (tertiary/aromatic N) is 2. The number of aliphatic hydroxyl groups is 1. The summed E-state index contributed by atoms with van der Waals surface area (Å²) in [5, 5.41) is 30.6. The van der Waals surface area contributed by atoms with Gasteiger partial charge in [0.2, 0.25) is 0 Å². The molecular weight excluding hydrogens is 294 g/mol. The van der Waals surface area contributed by atoms with E-state index in [4.69, 9.17) is 16.7 Å². The van der Waals surface area contributed by atoms with Crippen LogP contribution in [0.2, 0.25) is 5.15 Å². The van der Waals surface area contributed by atoms with Gasteiger partial charge in [0.15, 0.2) is 6.04 Å². The Labute approximate surface area is 117 Å². The maximum absolute atomic E-state index is 11.9. The third kappa shape index (κ3) is 3.62. The van der Waals surface area contributed by atoms with Crippen molar-refractivity contribution in [1.29, 1.82) is 0 Å². The zero-order valence-electron chi connectivity index (χ0n) is 10.1. The number of hydrogen-bond acceptors (Lipinski definition) is 6. The number of carbonyl (C=O) groups excluding carboxylic acids is 1. The summed E-state index contributed by atoms with van der Waals surface area (Å²) in [6, 6.07) is -0.662. The minimum Gasteiger partial charge on any atom is -0.480 e. The molecule has 1 amide bonds. The number of aliphatic hydroxyl groups excluding tert-OH is 1. The van der Waals surface area contributed by atoms with E-state index in [0.29, 0.717) is 0 Å². The SMILES string of the molecule is C[C@@H](O)[C@H](NC(=O)c1cc(Cl)ncc1[N+](=O)[O-])C(=O)O. The van der Waals surface area contributed by atoms with Gasteiger partial charge in [-0.1, -0.05) is 11.6 Å². The van der Waals surface area contributed by atoms with Crippen LogP contribution in [0.5, 0.6) is 0 Å². The standard InChI is InChI=1S/C10H10ClN3O6/c1-4(15)8(10(17)18)13-9(16)5-2-7(11)12-3-6(5)14(19)20/h2-4,8,15H,1H3,(H,13,16)(H,17,18)/t4-,8+/m1/s1. The van der Waals surface area contributed by atoms with Crippen molar-refractivity contribution in [3.63, 3.8) is 0 Å². The lowest BCUT2D eigenvalue weighted by Gasteiger charge is -2.16. The lowest BCUT2D eigenvalue weighted by Crippen LogP contribution is -2.47. The fraction of sp³-hybridized carbons (Fsp3) is 0.300. The van der Waals surface area contributed by atoms with Gasteiger partial charge < -0.3 is 15.5 Å². The number of carbonyl (C=O) groups is 2. The van der Waals surface area contributed by atoms with Crippen LogP contribution in [0.3, 0.4) is 0 Å². The Bertz CT molecular complexity index is 562. The van der Waals surface area contributed by atoms with Crippen molar-refractivity contribution in [1.82, 2.24) is 10.3 Å². The van der Waals surface area contributed by atoms with Crippen LogP contribution in [0.15, 0.2) is 12.3 Å². The molecule has 0 saturated heterocycles. The number of nitro groups is 1. The molecule has 2 atom stereocenters. The molecule has 0 fully saturated rings. The molecule has 0 aromatic carbocycles. The highest BCUT2D eigenvalue weighted by molar-refractivity contribution is 6.29. The quantitative estimate of drug-likeness (QED) is 0.400. The summed E-state index contributed by atoms with van der Waals surface area (Å²) in [4.78, 5) is 36.1. The first-order valence-corrected chi connectivity index (χ1v) is 5.63. The highest BCUT2D eigenvalue weighted by Gasteiger charge is 2.29. The van der Waals surface area contributed by atoms with Crippen LogP contribution in [0.4, 0.5) is 5.69 Å². The minimum atomic E-state index is -1.60. The molecule has 9 nitrogen and oxygen atoms in total. The number of pyridine rings is 1. The van der Waals surface area contributed by atoms with Gasteiger partial charge in [0.05, 0.1) is 11.0 Å². The number of rotatable bonds is 5. The molecule has 1 heterocycles.